The molecule has 3 aromatic heterocycles. The molecule has 10 nitrogen and oxygen atoms in total. The maximum absolute atomic E-state index is 12.6. The number of anilines is 2. The average molecular weight is 452 g/mol. The Morgan fingerprint density at radius 2 is 2.00 bits per heavy atom. The molecule has 11 heteroatoms. The fraction of sp³-hybridized carbons (Fsp3) is 0.238. The van der Waals surface area contributed by atoms with Crippen LogP contribution in [0.5, 0.6) is 5.75 Å². The van der Waals surface area contributed by atoms with Gasteiger partial charge in [0.25, 0.3) is 5.56 Å². The van der Waals surface area contributed by atoms with Gasteiger partial charge in [0.1, 0.15) is 11.6 Å². The Morgan fingerprint density at radius 3 is 2.75 bits per heavy atom. The summed E-state index contributed by atoms with van der Waals surface area (Å²) < 4.78 is 11.8. The summed E-state index contributed by atoms with van der Waals surface area (Å²) >= 11 is 1.29. The molecule has 0 atom stereocenters. The lowest BCUT2D eigenvalue weighted by atomic mass is 10.3. The first-order valence-electron chi connectivity index (χ1n) is 10.0. The Kier molecular flexibility index (Phi) is 5.23. The SMILES string of the molecule is COc1cccc(NC(=O)N2CCN(c3cc(=O)n4nc(-c5ccco5)sc4n3)CC2)c1. The van der Waals surface area contributed by atoms with E-state index >= 15 is 0 Å². The number of benzene rings is 1. The lowest BCUT2D eigenvalue weighted by Gasteiger charge is -2.35. The third-order valence-corrected chi connectivity index (χ3v) is 6.10. The van der Waals surface area contributed by atoms with Gasteiger partial charge in [-0.3, -0.25) is 4.79 Å². The van der Waals surface area contributed by atoms with Crippen LogP contribution >= 0.6 is 11.3 Å². The van der Waals surface area contributed by atoms with Crippen molar-refractivity contribution >= 4 is 33.8 Å². The van der Waals surface area contributed by atoms with Gasteiger partial charge in [-0.15, -0.1) is 5.10 Å². The van der Waals surface area contributed by atoms with Gasteiger partial charge in [-0.05, 0) is 24.3 Å². The maximum atomic E-state index is 12.6. The van der Waals surface area contributed by atoms with Gasteiger partial charge < -0.3 is 24.3 Å². The van der Waals surface area contributed by atoms with E-state index in [-0.39, 0.29) is 11.6 Å². The number of ether oxygens (including phenoxy) is 1. The van der Waals surface area contributed by atoms with Gasteiger partial charge in [-0.25, -0.2) is 9.78 Å². The second-order valence-electron chi connectivity index (χ2n) is 7.17. The van der Waals surface area contributed by atoms with Gasteiger partial charge >= 0.3 is 6.03 Å². The van der Waals surface area contributed by atoms with E-state index in [1.165, 1.54) is 21.9 Å². The molecule has 1 aliphatic rings. The number of aromatic nitrogens is 3. The predicted molar refractivity (Wildman–Crippen MR) is 121 cm³/mol. The lowest BCUT2D eigenvalue weighted by molar-refractivity contribution is 0.208. The van der Waals surface area contributed by atoms with E-state index in [1.54, 1.807) is 36.5 Å². The van der Waals surface area contributed by atoms with Crippen LogP contribution in [0.2, 0.25) is 0 Å². The van der Waals surface area contributed by atoms with Crippen molar-refractivity contribution in [1.82, 2.24) is 19.5 Å². The van der Waals surface area contributed by atoms with Crippen LogP contribution in [-0.4, -0.2) is 58.8 Å². The van der Waals surface area contributed by atoms with Gasteiger partial charge in [-0.2, -0.15) is 4.52 Å². The van der Waals surface area contributed by atoms with Gasteiger partial charge in [0.15, 0.2) is 10.8 Å². The molecule has 1 aromatic carbocycles. The molecule has 1 aliphatic heterocycles. The normalized spacial score (nSPS) is 14.0. The Morgan fingerprint density at radius 1 is 1.16 bits per heavy atom. The summed E-state index contributed by atoms with van der Waals surface area (Å²) in [5, 5.41) is 7.79. The molecular formula is C21H20N6O4S. The Hall–Kier alpha value is -3.86. The zero-order chi connectivity index (χ0) is 22.1. The van der Waals surface area contributed by atoms with Gasteiger partial charge in [0, 0.05) is 44.0 Å². The number of fused-ring (bicyclic) bond motifs is 1. The first kappa shape index (κ1) is 20.1. The zero-order valence-electron chi connectivity index (χ0n) is 17.2. The molecule has 164 valence electrons. The van der Waals surface area contributed by atoms with E-state index in [4.69, 9.17) is 9.15 Å². The molecule has 0 bridgehead atoms. The monoisotopic (exact) mass is 452 g/mol. The molecule has 1 saturated heterocycles. The van der Waals surface area contributed by atoms with E-state index in [0.717, 1.165) is 0 Å². The van der Waals surface area contributed by atoms with Crippen LogP contribution in [0.1, 0.15) is 0 Å². The van der Waals surface area contributed by atoms with E-state index in [2.05, 4.69) is 15.4 Å². The number of rotatable bonds is 4. The molecule has 0 aliphatic carbocycles. The molecule has 5 rings (SSSR count). The molecule has 4 aromatic rings. The molecule has 0 radical (unpaired) electrons. The molecule has 0 saturated carbocycles. The van der Waals surface area contributed by atoms with Crippen LogP contribution < -0.4 is 20.5 Å². The van der Waals surface area contributed by atoms with Crippen molar-refractivity contribution in [2.75, 3.05) is 43.5 Å². The first-order valence-corrected chi connectivity index (χ1v) is 10.8. The number of piperazine rings is 1. The van der Waals surface area contributed by atoms with Gasteiger partial charge in [0.05, 0.1) is 13.4 Å². The number of nitrogens with zero attached hydrogens (tertiary/aromatic N) is 5. The highest BCUT2D eigenvalue weighted by atomic mass is 32.1. The fourth-order valence-electron chi connectivity index (χ4n) is 3.50. The molecule has 0 spiro atoms. The summed E-state index contributed by atoms with van der Waals surface area (Å²) in [5.41, 5.74) is 0.423. The van der Waals surface area contributed by atoms with E-state index in [1.807, 2.05) is 23.1 Å². The smallest absolute Gasteiger partial charge is 0.321 e. The van der Waals surface area contributed by atoms with E-state index in [0.29, 0.717) is 59.2 Å². The summed E-state index contributed by atoms with van der Waals surface area (Å²) in [7, 11) is 1.58. The number of furan rings is 1. The number of carbonyl (C=O) groups is 1. The zero-order valence-corrected chi connectivity index (χ0v) is 18.0. The molecule has 0 unspecified atom stereocenters. The maximum Gasteiger partial charge on any atom is 0.321 e. The summed E-state index contributed by atoms with van der Waals surface area (Å²) in [6.07, 6.45) is 1.56. The van der Waals surface area contributed by atoms with Gasteiger partial charge in [0.2, 0.25) is 4.96 Å². The van der Waals surface area contributed by atoms with Crippen molar-refractivity contribution in [1.29, 1.82) is 0 Å². The Balaban J connectivity index is 1.27. The number of amides is 2. The van der Waals surface area contributed by atoms with E-state index < -0.39 is 0 Å². The average Bonchev–Trinajstić information content (AvgIpc) is 3.49. The van der Waals surface area contributed by atoms with Crippen LogP contribution in [0, 0.1) is 0 Å². The topological polar surface area (TPSA) is 105 Å². The Labute approximate surface area is 186 Å². The van der Waals surface area contributed by atoms with E-state index in [9.17, 15) is 9.59 Å². The standard InChI is InChI=1S/C21H20N6O4S/c1-30-15-5-2-4-14(12-15)22-20(29)26-9-7-25(8-10-26)17-13-18(28)27-21(23-17)32-19(24-27)16-6-3-11-31-16/h2-6,11-13H,7-10H2,1H3,(H,22,29). The van der Waals surface area contributed by atoms with Crippen LogP contribution in [0.15, 0.2) is 57.9 Å². The number of carbonyl (C=O) groups excluding carboxylic acids is 1. The highest BCUT2D eigenvalue weighted by molar-refractivity contribution is 7.19. The van der Waals surface area contributed by atoms with Crippen LogP contribution in [-0.2, 0) is 0 Å². The molecule has 32 heavy (non-hydrogen) atoms. The summed E-state index contributed by atoms with van der Waals surface area (Å²) in [6, 6.07) is 12.1. The number of nitrogens with one attached hydrogen (secondary N) is 1. The quantitative estimate of drug-likeness (QED) is 0.508. The van der Waals surface area contributed by atoms with Crippen molar-refractivity contribution in [3.8, 4) is 16.5 Å². The highest BCUT2D eigenvalue weighted by Crippen LogP contribution is 2.25. The Bertz CT molecular complexity index is 1310. The second-order valence-corrected chi connectivity index (χ2v) is 8.12. The van der Waals surface area contributed by atoms with Crippen molar-refractivity contribution in [2.24, 2.45) is 0 Å². The number of hydrogen-bond donors (Lipinski definition) is 1. The predicted octanol–water partition coefficient (Wildman–Crippen LogP) is 2.77. The van der Waals surface area contributed by atoms with Crippen molar-refractivity contribution in [3.05, 3.63) is 59.1 Å². The second kappa shape index (κ2) is 8.35. The van der Waals surface area contributed by atoms with Gasteiger partial charge in [-0.1, -0.05) is 17.4 Å². The van der Waals surface area contributed by atoms with Crippen molar-refractivity contribution in [3.63, 3.8) is 0 Å². The third-order valence-electron chi connectivity index (χ3n) is 5.18. The highest BCUT2D eigenvalue weighted by Gasteiger charge is 2.23. The summed E-state index contributed by atoms with van der Waals surface area (Å²) in [6.45, 7) is 2.16. The summed E-state index contributed by atoms with van der Waals surface area (Å²) in [4.78, 5) is 34.1. The largest absolute Gasteiger partial charge is 0.497 e. The molecular weight excluding hydrogens is 432 g/mol. The summed E-state index contributed by atoms with van der Waals surface area (Å²) in [5.74, 6) is 1.85. The van der Waals surface area contributed by atoms with Crippen LogP contribution in [0.3, 0.4) is 0 Å². The minimum Gasteiger partial charge on any atom is -0.497 e. The first-order chi connectivity index (χ1) is 15.6. The minimum atomic E-state index is -0.253. The minimum absolute atomic E-state index is 0.174. The fourth-order valence-corrected chi connectivity index (χ4v) is 4.37. The van der Waals surface area contributed by atoms with Crippen LogP contribution in [0.4, 0.5) is 16.3 Å². The number of hydrogen-bond acceptors (Lipinski definition) is 8. The molecule has 4 heterocycles. The number of urea groups is 1. The molecule has 2 amide bonds. The van der Waals surface area contributed by atoms with Crippen LogP contribution in [0.25, 0.3) is 15.7 Å². The molecule has 1 N–H and O–H groups in total. The third kappa shape index (κ3) is 3.89. The number of methoxy groups -OCH3 is 1. The van der Waals surface area contributed by atoms with Crippen molar-refractivity contribution < 1.29 is 13.9 Å². The van der Waals surface area contributed by atoms with Crippen molar-refractivity contribution in [2.45, 2.75) is 0 Å². The molecule has 1 fully saturated rings. The lowest BCUT2D eigenvalue weighted by Crippen LogP contribution is -2.50.